The first kappa shape index (κ1) is 16.2. The molecule has 18 heavy (non-hydrogen) atoms. The zero-order valence-corrected chi connectivity index (χ0v) is 11.1. The van der Waals surface area contributed by atoms with E-state index >= 15 is 0 Å². The van der Waals surface area contributed by atoms with Crippen molar-refractivity contribution in [1.29, 1.82) is 0 Å². The largest absolute Gasteiger partial charge is 0.461 e. The van der Waals surface area contributed by atoms with Crippen LogP contribution in [0.3, 0.4) is 0 Å². The molecule has 0 aliphatic carbocycles. The number of nitrogens with zero attached hydrogens (tertiary/aromatic N) is 1. The second kappa shape index (κ2) is 8.32. The van der Waals surface area contributed by atoms with Crippen molar-refractivity contribution < 1.29 is 14.3 Å². The molecule has 0 radical (unpaired) electrons. The van der Waals surface area contributed by atoms with Crippen LogP contribution in [0.5, 0.6) is 0 Å². The predicted molar refractivity (Wildman–Crippen MR) is 68.7 cm³/mol. The Morgan fingerprint density at radius 3 is 2.39 bits per heavy atom. The lowest BCUT2D eigenvalue weighted by Gasteiger charge is -2.18. The molecule has 0 aromatic carbocycles. The van der Waals surface area contributed by atoms with E-state index in [1.807, 2.05) is 0 Å². The summed E-state index contributed by atoms with van der Waals surface area (Å²) in [5.74, 6) is -0.705. The highest BCUT2D eigenvalue weighted by Gasteiger charge is 2.21. The Morgan fingerprint density at radius 2 is 1.94 bits per heavy atom. The van der Waals surface area contributed by atoms with E-state index in [1.165, 1.54) is 6.92 Å². The Labute approximate surface area is 107 Å². The molecule has 0 aromatic heterocycles. The Morgan fingerprint density at radius 1 is 1.33 bits per heavy atom. The number of guanidine groups is 1. The van der Waals surface area contributed by atoms with Crippen molar-refractivity contribution in [3.8, 4) is 0 Å². The normalized spacial score (nSPS) is 11.8. The van der Waals surface area contributed by atoms with Crippen LogP contribution in [-0.2, 0) is 14.3 Å². The van der Waals surface area contributed by atoms with Crippen LogP contribution < -0.4 is 16.8 Å². The molecule has 0 aromatic rings. The van der Waals surface area contributed by atoms with Crippen molar-refractivity contribution in [3.63, 3.8) is 0 Å². The molecular formula is C11H22N4O3. The fourth-order valence-electron chi connectivity index (χ4n) is 1.31. The Balaban J connectivity index is 4.26. The molecule has 1 atom stereocenters. The van der Waals surface area contributed by atoms with Gasteiger partial charge in [0, 0.05) is 13.5 Å². The quantitative estimate of drug-likeness (QED) is 0.246. The average molecular weight is 258 g/mol. The second-order valence-corrected chi connectivity index (χ2v) is 4.19. The number of nitrogens with two attached hydrogens (primary N) is 2. The molecule has 0 saturated carbocycles. The summed E-state index contributed by atoms with van der Waals surface area (Å²) in [5.41, 5.74) is 10.4. The van der Waals surface area contributed by atoms with Gasteiger partial charge in [-0.1, -0.05) is 0 Å². The maximum absolute atomic E-state index is 11.7. The van der Waals surface area contributed by atoms with Crippen LogP contribution in [0.2, 0.25) is 0 Å². The van der Waals surface area contributed by atoms with E-state index < -0.39 is 12.0 Å². The van der Waals surface area contributed by atoms with Crippen molar-refractivity contribution >= 4 is 17.8 Å². The van der Waals surface area contributed by atoms with Crippen LogP contribution in [0.15, 0.2) is 4.99 Å². The third kappa shape index (κ3) is 8.37. The summed E-state index contributed by atoms with van der Waals surface area (Å²) < 4.78 is 5.05. The van der Waals surface area contributed by atoms with E-state index in [4.69, 9.17) is 16.2 Å². The van der Waals surface area contributed by atoms with Gasteiger partial charge in [0.05, 0.1) is 6.10 Å². The summed E-state index contributed by atoms with van der Waals surface area (Å²) in [6.07, 6.45) is 0.796. The molecule has 0 bridgehead atoms. The number of hydrogen-bond acceptors (Lipinski definition) is 4. The molecule has 0 aliphatic rings. The number of amides is 1. The molecule has 0 spiro atoms. The van der Waals surface area contributed by atoms with E-state index in [0.717, 1.165) is 0 Å². The zero-order valence-electron chi connectivity index (χ0n) is 11.1. The molecule has 0 saturated heterocycles. The van der Waals surface area contributed by atoms with Crippen LogP contribution in [0.25, 0.3) is 0 Å². The van der Waals surface area contributed by atoms with Gasteiger partial charge in [0.1, 0.15) is 6.04 Å². The lowest BCUT2D eigenvalue weighted by molar-refractivity contribution is -0.151. The summed E-state index contributed by atoms with van der Waals surface area (Å²) in [6, 6.07) is -0.654. The first-order valence-corrected chi connectivity index (χ1v) is 5.86. The first-order valence-electron chi connectivity index (χ1n) is 5.86. The maximum atomic E-state index is 11.7. The molecule has 1 unspecified atom stereocenters. The topological polar surface area (TPSA) is 120 Å². The SMILES string of the molecule is CC(=O)NC(CCCN=C(N)N)C(=O)OC(C)C. The number of carbonyl (C=O) groups excluding carboxylic acids is 2. The van der Waals surface area contributed by atoms with E-state index in [0.29, 0.717) is 19.4 Å². The van der Waals surface area contributed by atoms with E-state index in [9.17, 15) is 9.59 Å². The van der Waals surface area contributed by atoms with Gasteiger partial charge < -0.3 is 21.5 Å². The molecule has 7 heteroatoms. The number of ether oxygens (including phenoxy) is 1. The van der Waals surface area contributed by atoms with Gasteiger partial charge in [-0.05, 0) is 26.7 Å². The van der Waals surface area contributed by atoms with Gasteiger partial charge in [-0.2, -0.15) is 0 Å². The van der Waals surface area contributed by atoms with Gasteiger partial charge in [-0.15, -0.1) is 0 Å². The predicted octanol–water partition coefficient (Wildman–Crippen LogP) is -0.504. The highest BCUT2D eigenvalue weighted by Crippen LogP contribution is 2.03. The molecule has 7 nitrogen and oxygen atoms in total. The Bertz CT molecular complexity index is 311. The monoisotopic (exact) mass is 258 g/mol. The zero-order chi connectivity index (χ0) is 14.1. The van der Waals surface area contributed by atoms with Gasteiger partial charge >= 0.3 is 5.97 Å². The second-order valence-electron chi connectivity index (χ2n) is 4.19. The van der Waals surface area contributed by atoms with Gasteiger partial charge in [0.2, 0.25) is 5.91 Å². The standard InChI is InChI=1S/C11H22N4O3/c1-7(2)18-10(17)9(15-8(3)16)5-4-6-14-11(12)13/h7,9H,4-6H2,1-3H3,(H,15,16)(H4,12,13,14). The highest BCUT2D eigenvalue weighted by molar-refractivity contribution is 5.83. The van der Waals surface area contributed by atoms with E-state index in [-0.39, 0.29) is 18.0 Å². The summed E-state index contributed by atoms with van der Waals surface area (Å²) in [4.78, 5) is 26.5. The first-order chi connectivity index (χ1) is 8.32. The van der Waals surface area contributed by atoms with Crippen LogP contribution in [-0.4, -0.2) is 36.5 Å². The minimum atomic E-state index is -0.654. The number of aliphatic imine (C=N–C) groups is 1. The van der Waals surface area contributed by atoms with Crippen molar-refractivity contribution in [2.24, 2.45) is 16.5 Å². The fourth-order valence-corrected chi connectivity index (χ4v) is 1.31. The van der Waals surface area contributed by atoms with Crippen molar-refractivity contribution in [2.45, 2.75) is 45.8 Å². The van der Waals surface area contributed by atoms with Crippen LogP contribution in [0.1, 0.15) is 33.6 Å². The van der Waals surface area contributed by atoms with Gasteiger partial charge in [0.15, 0.2) is 5.96 Å². The third-order valence-electron chi connectivity index (χ3n) is 1.96. The molecule has 0 rings (SSSR count). The van der Waals surface area contributed by atoms with E-state index in [2.05, 4.69) is 10.3 Å². The van der Waals surface area contributed by atoms with Gasteiger partial charge in [-0.25, -0.2) is 4.79 Å². The number of carbonyl (C=O) groups is 2. The minimum Gasteiger partial charge on any atom is -0.461 e. The highest BCUT2D eigenvalue weighted by atomic mass is 16.5. The van der Waals surface area contributed by atoms with Crippen LogP contribution >= 0.6 is 0 Å². The molecule has 5 N–H and O–H groups in total. The average Bonchev–Trinajstić information content (AvgIpc) is 2.20. The fraction of sp³-hybridized carbons (Fsp3) is 0.727. The van der Waals surface area contributed by atoms with Gasteiger partial charge in [0.25, 0.3) is 0 Å². The van der Waals surface area contributed by atoms with Crippen molar-refractivity contribution in [3.05, 3.63) is 0 Å². The lowest BCUT2D eigenvalue weighted by atomic mass is 10.1. The van der Waals surface area contributed by atoms with Crippen molar-refractivity contribution in [2.75, 3.05) is 6.54 Å². The molecule has 0 fully saturated rings. The van der Waals surface area contributed by atoms with Crippen LogP contribution in [0, 0.1) is 0 Å². The van der Waals surface area contributed by atoms with Gasteiger partial charge in [-0.3, -0.25) is 9.79 Å². The summed E-state index contributed by atoms with van der Waals surface area (Å²) in [7, 11) is 0. The third-order valence-corrected chi connectivity index (χ3v) is 1.96. The number of esters is 1. The molecular weight excluding hydrogens is 236 g/mol. The minimum absolute atomic E-state index is 0.0100. The maximum Gasteiger partial charge on any atom is 0.328 e. The lowest BCUT2D eigenvalue weighted by Crippen LogP contribution is -2.41. The summed E-state index contributed by atoms with van der Waals surface area (Å²) in [6.45, 7) is 5.27. The number of nitrogens with one attached hydrogen (secondary N) is 1. The molecule has 0 heterocycles. The Kier molecular flexibility index (Phi) is 7.50. The van der Waals surface area contributed by atoms with Crippen molar-refractivity contribution in [1.82, 2.24) is 5.32 Å². The molecule has 1 amide bonds. The Hall–Kier alpha value is -1.79. The van der Waals surface area contributed by atoms with Crippen LogP contribution in [0.4, 0.5) is 0 Å². The smallest absolute Gasteiger partial charge is 0.328 e. The summed E-state index contributed by atoms with van der Waals surface area (Å²) in [5, 5.41) is 2.55. The number of rotatable bonds is 7. The molecule has 104 valence electrons. The summed E-state index contributed by atoms with van der Waals surface area (Å²) >= 11 is 0. The van der Waals surface area contributed by atoms with E-state index in [1.54, 1.807) is 13.8 Å². The number of hydrogen-bond donors (Lipinski definition) is 3. The molecule has 0 aliphatic heterocycles.